The predicted octanol–water partition coefficient (Wildman–Crippen LogP) is -4.35. The highest BCUT2D eigenvalue weighted by Crippen LogP contribution is 2.12. The van der Waals surface area contributed by atoms with Gasteiger partial charge in [-0.25, -0.2) is 4.79 Å². The summed E-state index contributed by atoms with van der Waals surface area (Å²) < 4.78 is 0. The van der Waals surface area contributed by atoms with E-state index in [-0.39, 0.29) is 30.9 Å². The smallest absolute Gasteiger partial charge is 0.326 e. The topological polar surface area (TPSA) is 373 Å². The van der Waals surface area contributed by atoms with Crippen LogP contribution >= 0.6 is 0 Å². The second kappa shape index (κ2) is 23.7. The van der Waals surface area contributed by atoms with Crippen LogP contribution in [-0.4, -0.2) is 140 Å². The van der Waals surface area contributed by atoms with Gasteiger partial charge >= 0.3 is 17.9 Å². The number of carbonyl (C=O) groups excluding carboxylic acids is 6. The third-order valence-corrected chi connectivity index (χ3v) is 7.69. The number of carbonyl (C=O) groups is 9. The lowest BCUT2D eigenvalue weighted by atomic mass is 10.0. The number of nitrogens with one attached hydrogen (secondary N) is 6. The molecule has 0 aliphatic heterocycles. The van der Waals surface area contributed by atoms with Gasteiger partial charge in [0.15, 0.2) is 0 Å². The highest BCUT2D eigenvalue weighted by molar-refractivity contribution is 5.96. The number of hydrogen-bond acceptors (Lipinski definition) is 13. The van der Waals surface area contributed by atoms with Crippen LogP contribution in [0.5, 0.6) is 5.75 Å². The average molecular weight is 784 g/mol. The Morgan fingerprint density at radius 2 is 1.09 bits per heavy atom. The number of aliphatic hydroxyl groups is 2. The van der Waals surface area contributed by atoms with Crippen LogP contribution in [0.2, 0.25) is 0 Å². The van der Waals surface area contributed by atoms with Gasteiger partial charge in [0.1, 0.15) is 36.0 Å². The second-order valence-corrected chi connectivity index (χ2v) is 12.8. The number of benzene rings is 1. The summed E-state index contributed by atoms with van der Waals surface area (Å²) in [4.78, 5) is 111. The molecule has 0 spiro atoms. The summed E-state index contributed by atoms with van der Waals surface area (Å²) in [7, 11) is 0. The first-order valence-electron chi connectivity index (χ1n) is 17.0. The molecule has 55 heavy (non-hydrogen) atoms. The Morgan fingerprint density at radius 3 is 1.60 bits per heavy atom. The molecular formula is C33H49N7O15. The molecule has 0 heterocycles. The fraction of sp³-hybridized carbons (Fsp3) is 0.545. The Bertz CT molecular complexity index is 1520. The van der Waals surface area contributed by atoms with E-state index >= 15 is 0 Å². The first kappa shape index (κ1) is 47.2. The van der Waals surface area contributed by atoms with Crippen molar-refractivity contribution < 1.29 is 73.8 Å². The van der Waals surface area contributed by atoms with E-state index in [2.05, 4.69) is 31.9 Å². The minimum absolute atomic E-state index is 0.0347. The summed E-state index contributed by atoms with van der Waals surface area (Å²) in [5, 5.41) is 69.7. The van der Waals surface area contributed by atoms with Crippen LogP contribution in [0.4, 0.5) is 0 Å². The Morgan fingerprint density at radius 1 is 0.618 bits per heavy atom. The number of aliphatic carboxylic acids is 3. The number of phenols is 1. The normalized spacial score (nSPS) is 14.1. The quantitative estimate of drug-likeness (QED) is 0.0446. The lowest BCUT2D eigenvalue weighted by Gasteiger charge is -2.25. The summed E-state index contributed by atoms with van der Waals surface area (Å²) in [5.41, 5.74) is 6.22. The lowest BCUT2D eigenvalue weighted by molar-refractivity contribution is -0.143. The molecule has 0 aromatic heterocycles. The summed E-state index contributed by atoms with van der Waals surface area (Å²) >= 11 is 0. The predicted molar refractivity (Wildman–Crippen MR) is 187 cm³/mol. The molecule has 0 radical (unpaired) electrons. The number of aromatic hydroxyl groups is 1. The maximum atomic E-state index is 13.1. The van der Waals surface area contributed by atoms with Crippen molar-refractivity contribution in [3.8, 4) is 5.75 Å². The minimum atomic E-state index is -1.74. The zero-order valence-electron chi connectivity index (χ0n) is 30.1. The molecule has 22 nitrogen and oxygen atoms in total. The Kier molecular flexibility index (Phi) is 20.3. The number of amides is 6. The summed E-state index contributed by atoms with van der Waals surface area (Å²) in [6.45, 7) is 0.514. The van der Waals surface area contributed by atoms with E-state index in [4.69, 9.17) is 15.9 Å². The van der Waals surface area contributed by atoms with Gasteiger partial charge in [-0.15, -0.1) is 0 Å². The van der Waals surface area contributed by atoms with Crippen LogP contribution in [-0.2, 0) is 49.6 Å². The molecule has 1 aromatic rings. The monoisotopic (exact) mass is 783 g/mol. The van der Waals surface area contributed by atoms with E-state index in [1.807, 2.05) is 0 Å². The fourth-order valence-electron chi connectivity index (χ4n) is 4.74. The third-order valence-electron chi connectivity index (χ3n) is 7.69. The Balaban J connectivity index is 2.94. The van der Waals surface area contributed by atoms with E-state index in [9.17, 15) is 63.6 Å². The van der Waals surface area contributed by atoms with Crippen molar-refractivity contribution in [2.75, 3.05) is 19.8 Å². The molecule has 0 aliphatic rings. The van der Waals surface area contributed by atoms with E-state index < -0.39 is 129 Å². The number of rotatable bonds is 25. The van der Waals surface area contributed by atoms with Gasteiger partial charge in [-0.1, -0.05) is 26.0 Å². The maximum absolute atomic E-state index is 13.1. The number of hydrogen-bond donors (Lipinski definition) is 13. The molecule has 0 bridgehead atoms. The molecule has 6 amide bonds. The van der Waals surface area contributed by atoms with E-state index in [1.54, 1.807) is 13.8 Å². The first-order chi connectivity index (χ1) is 25.8. The summed E-state index contributed by atoms with van der Waals surface area (Å²) in [6.07, 6.45) is -1.87. The van der Waals surface area contributed by atoms with Crippen LogP contribution in [0.25, 0.3) is 0 Å². The zero-order chi connectivity index (χ0) is 41.8. The molecule has 0 aliphatic carbocycles. The van der Waals surface area contributed by atoms with Crippen molar-refractivity contribution in [3.05, 3.63) is 29.8 Å². The van der Waals surface area contributed by atoms with Gasteiger partial charge in [0, 0.05) is 19.3 Å². The van der Waals surface area contributed by atoms with Crippen molar-refractivity contribution in [1.29, 1.82) is 0 Å². The van der Waals surface area contributed by atoms with Crippen molar-refractivity contribution in [2.24, 2.45) is 11.7 Å². The zero-order valence-corrected chi connectivity index (χ0v) is 30.1. The van der Waals surface area contributed by atoms with E-state index in [1.165, 1.54) is 24.3 Å². The summed E-state index contributed by atoms with van der Waals surface area (Å²) in [6, 6.07) is -3.51. The van der Waals surface area contributed by atoms with E-state index in [0.717, 1.165) is 0 Å². The average Bonchev–Trinajstić information content (AvgIpc) is 3.11. The van der Waals surface area contributed by atoms with Crippen LogP contribution in [0, 0.1) is 5.92 Å². The number of aliphatic hydroxyl groups excluding tert-OH is 2. The molecule has 1 aromatic carbocycles. The van der Waals surface area contributed by atoms with Gasteiger partial charge in [0.25, 0.3) is 0 Å². The largest absolute Gasteiger partial charge is 0.508 e. The fourth-order valence-corrected chi connectivity index (χ4v) is 4.74. The van der Waals surface area contributed by atoms with Gasteiger partial charge in [-0.3, -0.25) is 38.4 Å². The van der Waals surface area contributed by atoms with E-state index in [0.29, 0.717) is 5.56 Å². The maximum Gasteiger partial charge on any atom is 0.326 e. The van der Waals surface area contributed by atoms with Crippen LogP contribution in [0.1, 0.15) is 51.5 Å². The van der Waals surface area contributed by atoms with Crippen LogP contribution < -0.4 is 37.6 Å². The number of carboxylic acids is 3. The number of nitrogens with two attached hydrogens (primary N) is 1. The summed E-state index contributed by atoms with van der Waals surface area (Å²) in [5.74, 6) is -10.4. The van der Waals surface area contributed by atoms with Gasteiger partial charge in [-0.2, -0.15) is 0 Å². The molecular weight excluding hydrogens is 734 g/mol. The number of carboxylic acid groups (broad SMARTS) is 3. The van der Waals surface area contributed by atoms with Gasteiger partial charge in [-0.05, 0) is 42.9 Å². The Hall–Kier alpha value is -5.87. The molecule has 0 fully saturated rings. The SMILES string of the molecule is CC(C)CC(NC(=O)C(CO)NC(=O)C(CO)NC(=O)CNC(=O)C(Cc1ccc(O)cc1)NC(=O)C(N)CCC(=O)O)C(=O)NC(CCC(=O)O)C(=O)O. The molecule has 6 unspecified atom stereocenters. The van der Waals surface area contributed by atoms with Crippen molar-refractivity contribution >= 4 is 53.4 Å². The minimum Gasteiger partial charge on any atom is -0.508 e. The van der Waals surface area contributed by atoms with Crippen molar-refractivity contribution in [3.63, 3.8) is 0 Å². The molecule has 14 N–H and O–H groups in total. The van der Waals surface area contributed by atoms with Crippen LogP contribution in [0.15, 0.2) is 24.3 Å². The molecule has 6 atom stereocenters. The third kappa shape index (κ3) is 18.1. The van der Waals surface area contributed by atoms with Crippen molar-refractivity contribution in [2.45, 2.75) is 88.6 Å². The standard InChI is InChI=1S/C33H49N7O15/c1-16(2)11-21(30(51)37-20(33(54)55)8-10-27(47)48)39-32(53)24(15-42)40-31(52)23(14-41)36-25(44)13-35-29(50)22(12-17-3-5-18(43)6-4-17)38-28(49)19(34)7-9-26(45)46/h3-6,16,19-24,41-43H,7-15,34H2,1-2H3,(H,35,50)(H,36,44)(H,37,51)(H,38,49)(H,39,53)(H,40,52)(H,45,46)(H,47,48)(H,54,55). The molecule has 0 saturated carbocycles. The highest BCUT2D eigenvalue weighted by Gasteiger charge is 2.32. The molecule has 306 valence electrons. The van der Waals surface area contributed by atoms with Crippen molar-refractivity contribution in [1.82, 2.24) is 31.9 Å². The lowest BCUT2D eigenvalue weighted by Crippen LogP contribution is -2.60. The van der Waals surface area contributed by atoms with Gasteiger partial charge < -0.3 is 68.3 Å². The van der Waals surface area contributed by atoms with Gasteiger partial charge in [0.05, 0.1) is 25.8 Å². The number of phenolic OH excluding ortho intramolecular Hbond substituents is 1. The highest BCUT2D eigenvalue weighted by atomic mass is 16.4. The molecule has 0 saturated heterocycles. The second-order valence-electron chi connectivity index (χ2n) is 12.8. The molecule has 1 rings (SSSR count). The molecule has 22 heteroatoms. The Labute approximate surface area is 314 Å². The van der Waals surface area contributed by atoms with Crippen LogP contribution in [0.3, 0.4) is 0 Å². The first-order valence-corrected chi connectivity index (χ1v) is 17.0. The van der Waals surface area contributed by atoms with Gasteiger partial charge in [0.2, 0.25) is 35.4 Å².